The summed E-state index contributed by atoms with van der Waals surface area (Å²) in [6, 6.07) is 17.8. The van der Waals surface area contributed by atoms with Crippen molar-refractivity contribution in [1.29, 1.82) is 0 Å². The SMILES string of the molecule is Clc1ccccc1-c1nnc(CNCCc2ccccc2)o1. The molecule has 0 aliphatic carbocycles. The summed E-state index contributed by atoms with van der Waals surface area (Å²) in [6.07, 6.45) is 0.965. The van der Waals surface area contributed by atoms with Crippen LogP contribution >= 0.6 is 11.6 Å². The van der Waals surface area contributed by atoms with Gasteiger partial charge in [-0.15, -0.1) is 10.2 Å². The fourth-order valence-electron chi connectivity index (χ4n) is 2.14. The highest BCUT2D eigenvalue weighted by Crippen LogP contribution is 2.26. The van der Waals surface area contributed by atoms with Crippen LogP contribution in [0.15, 0.2) is 59.0 Å². The van der Waals surface area contributed by atoms with E-state index < -0.39 is 0 Å². The van der Waals surface area contributed by atoms with Crippen molar-refractivity contribution in [3.8, 4) is 11.5 Å². The maximum atomic E-state index is 6.12. The lowest BCUT2D eigenvalue weighted by molar-refractivity contribution is 0.478. The fourth-order valence-corrected chi connectivity index (χ4v) is 2.36. The Balaban J connectivity index is 1.53. The van der Waals surface area contributed by atoms with Crippen LogP contribution in [0.2, 0.25) is 5.02 Å². The van der Waals surface area contributed by atoms with Crippen molar-refractivity contribution in [2.75, 3.05) is 6.54 Å². The number of aromatic nitrogens is 2. The molecule has 0 aliphatic rings. The van der Waals surface area contributed by atoms with Gasteiger partial charge in [-0.1, -0.05) is 54.1 Å². The molecule has 0 radical (unpaired) electrons. The van der Waals surface area contributed by atoms with Gasteiger partial charge in [0.15, 0.2) is 0 Å². The van der Waals surface area contributed by atoms with Crippen molar-refractivity contribution in [3.63, 3.8) is 0 Å². The van der Waals surface area contributed by atoms with E-state index in [-0.39, 0.29) is 0 Å². The third-order valence-electron chi connectivity index (χ3n) is 3.28. The van der Waals surface area contributed by atoms with Crippen molar-refractivity contribution in [2.24, 2.45) is 0 Å². The number of halogens is 1. The van der Waals surface area contributed by atoms with Gasteiger partial charge in [-0.05, 0) is 30.7 Å². The summed E-state index contributed by atoms with van der Waals surface area (Å²) < 4.78 is 5.63. The van der Waals surface area contributed by atoms with Crippen molar-refractivity contribution in [3.05, 3.63) is 71.1 Å². The van der Waals surface area contributed by atoms with E-state index in [1.165, 1.54) is 5.56 Å². The quantitative estimate of drug-likeness (QED) is 0.705. The second-order valence-corrected chi connectivity index (χ2v) is 5.30. The van der Waals surface area contributed by atoms with Gasteiger partial charge in [0.05, 0.1) is 17.1 Å². The molecule has 0 spiro atoms. The molecule has 1 aromatic heterocycles. The van der Waals surface area contributed by atoms with Crippen molar-refractivity contribution < 1.29 is 4.42 Å². The van der Waals surface area contributed by atoms with Gasteiger partial charge in [-0.2, -0.15) is 0 Å². The van der Waals surface area contributed by atoms with E-state index >= 15 is 0 Å². The largest absolute Gasteiger partial charge is 0.419 e. The molecule has 1 heterocycles. The van der Waals surface area contributed by atoms with Crippen LogP contribution in [0.1, 0.15) is 11.5 Å². The van der Waals surface area contributed by atoms with Crippen molar-refractivity contribution >= 4 is 11.6 Å². The minimum absolute atomic E-state index is 0.449. The zero-order chi connectivity index (χ0) is 15.2. The molecule has 2 aromatic carbocycles. The fraction of sp³-hybridized carbons (Fsp3) is 0.176. The van der Waals surface area contributed by atoms with Crippen LogP contribution in [0.25, 0.3) is 11.5 Å². The van der Waals surface area contributed by atoms with Gasteiger partial charge in [0.2, 0.25) is 11.8 Å². The predicted molar refractivity (Wildman–Crippen MR) is 86.6 cm³/mol. The van der Waals surface area contributed by atoms with Gasteiger partial charge in [-0.25, -0.2) is 0 Å². The second kappa shape index (κ2) is 7.20. The molecule has 0 atom stereocenters. The molecule has 0 saturated heterocycles. The van der Waals surface area contributed by atoms with Crippen LogP contribution in [0, 0.1) is 0 Å². The van der Waals surface area contributed by atoms with Gasteiger partial charge in [-0.3, -0.25) is 0 Å². The normalized spacial score (nSPS) is 10.8. The standard InChI is InChI=1S/C17H16ClN3O/c18-15-9-5-4-8-14(15)17-21-20-16(22-17)12-19-11-10-13-6-2-1-3-7-13/h1-9,19H,10-12H2. The molecular formula is C17H16ClN3O. The Morgan fingerprint density at radius 2 is 1.73 bits per heavy atom. The Kier molecular flexibility index (Phi) is 4.83. The average Bonchev–Trinajstić information content (AvgIpc) is 3.02. The summed E-state index contributed by atoms with van der Waals surface area (Å²) in [6.45, 7) is 1.40. The summed E-state index contributed by atoms with van der Waals surface area (Å²) in [7, 11) is 0. The first-order valence-electron chi connectivity index (χ1n) is 7.15. The van der Waals surface area contributed by atoms with E-state index in [0.29, 0.717) is 23.3 Å². The first kappa shape index (κ1) is 14.8. The van der Waals surface area contributed by atoms with Crippen LogP contribution in [-0.2, 0) is 13.0 Å². The summed E-state index contributed by atoms with van der Waals surface area (Å²) in [5.74, 6) is 1.01. The minimum atomic E-state index is 0.449. The van der Waals surface area contributed by atoms with E-state index in [1.54, 1.807) is 6.07 Å². The highest BCUT2D eigenvalue weighted by molar-refractivity contribution is 6.33. The van der Waals surface area contributed by atoms with E-state index in [0.717, 1.165) is 18.5 Å². The van der Waals surface area contributed by atoms with E-state index in [4.69, 9.17) is 16.0 Å². The third kappa shape index (κ3) is 3.72. The van der Waals surface area contributed by atoms with E-state index in [1.807, 2.05) is 36.4 Å². The molecule has 112 valence electrons. The summed E-state index contributed by atoms with van der Waals surface area (Å²) in [5, 5.41) is 12.0. The van der Waals surface area contributed by atoms with Crippen molar-refractivity contribution in [1.82, 2.24) is 15.5 Å². The van der Waals surface area contributed by atoms with Gasteiger partial charge in [0.1, 0.15) is 0 Å². The molecule has 0 aliphatic heterocycles. The first-order valence-corrected chi connectivity index (χ1v) is 7.52. The highest BCUT2D eigenvalue weighted by atomic mass is 35.5. The molecule has 4 nitrogen and oxygen atoms in total. The maximum absolute atomic E-state index is 6.12. The summed E-state index contributed by atoms with van der Waals surface area (Å²) in [4.78, 5) is 0. The van der Waals surface area contributed by atoms with E-state index in [9.17, 15) is 0 Å². The topological polar surface area (TPSA) is 51.0 Å². The molecule has 3 rings (SSSR count). The molecule has 22 heavy (non-hydrogen) atoms. The number of hydrogen-bond donors (Lipinski definition) is 1. The summed E-state index contributed by atoms with van der Waals surface area (Å²) >= 11 is 6.12. The third-order valence-corrected chi connectivity index (χ3v) is 3.61. The summed E-state index contributed by atoms with van der Waals surface area (Å²) in [5.41, 5.74) is 2.06. The molecule has 0 fully saturated rings. The van der Waals surface area contributed by atoms with Crippen LogP contribution in [0.5, 0.6) is 0 Å². The lowest BCUT2D eigenvalue weighted by atomic mass is 10.1. The molecular weight excluding hydrogens is 298 g/mol. The minimum Gasteiger partial charge on any atom is -0.419 e. The Bertz CT molecular complexity index is 728. The van der Waals surface area contributed by atoms with Crippen LogP contribution in [0.4, 0.5) is 0 Å². The Morgan fingerprint density at radius 3 is 2.55 bits per heavy atom. The Hall–Kier alpha value is -2.17. The maximum Gasteiger partial charge on any atom is 0.249 e. The van der Waals surface area contributed by atoms with Crippen molar-refractivity contribution in [2.45, 2.75) is 13.0 Å². The van der Waals surface area contributed by atoms with Gasteiger partial charge < -0.3 is 9.73 Å². The van der Waals surface area contributed by atoms with Crippen LogP contribution < -0.4 is 5.32 Å². The van der Waals surface area contributed by atoms with Gasteiger partial charge in [0.25, 0.3) is 0 Å². The number of nitrogens with one attached hydrogen (secondary N) is 1. The Morgan fingerprint density at radius 1 is 0.955 bits per heavy atom. The number of benzene rings is 2. The van der Waals surface area contributed by atoms with Crippen LogP contribution in [0.3, 0.4) is 0 Å². The zero-order valence-corrected chi connectivity index (χ0v) is 12.8. The average molecular weight is 314 g/mol. The lowest BCUT2D eigenvalue weighted by Gasteiger charge is -2.02. The van der Waals surface area contributed by atoms with E-state index in [2.05, 4.69) is 27.6 Å². The molecule has 5 heteroatoms. The molecule has 0 amide bonds. The molecule has 3 aromatic rings. The number of nitrogens with zero attached hydrogens (tertiary/aromatic N) is 2. The Labute approximate surface area is 134 Å². The number of rotatable bonds is 6. The monoisotopic (exact) mass is 313 g/mol. The predicted octanol–water partition coefficient (Wildman–Crippen LogP) is 3.72. The zero-order valence-electron chi connectivity index (χ0n) is 12.0. The molecule has 1 N–H and O–H groups in total. The molecule has 0 unspecified atom stereocenters. The second-order valence-electron chi connectivity index (χ2n) is 4.89. The van der Waals surface area contributed by atoms with Gasteiger partial charge >= 0.3 is 0 Å². The van der Waals surface area contributed by atoms with Crippen LogP contribution in [-0.4, -0.2) is 16.7 Å². The first-order chi connectivity index (χ1) is 10.8. The smallest absolute Gasteiger partial charge is 0.249 e. The number of hydrogen-bond acceptors (Lipinski definition) is 4. The van der Waals surface area contributed by atoms with Gasteiger partial charge in [0, 0.05) is 0 Å². The molecule has 0 bridgehead atoms. The lowest BCUT2D eigenvalue weighted by Crippen LogP contribution is -2.16. The molecule has 0 saturated carbocycles. The highest BCUT2D eigenvalue weighted by Gasteiger charge is 2.10.